The monoisotopic (exact) mass is 343 g/mol. The molecule has 2 unspecified atom stereocenters. The second kappa shape index (κ2) is 6.76. The molecule has 0 aromatic heterocycles. The van der Waals surface area contributed by atoms with Crippen LogP contribution in [0.15, 0.2) is 53.0 Å². The van der Waals surface area contributed by atoms with E-state index in [0.29, 0.717) is 12.0 Å². The van der Waals surface area contributed by atoms with E-state index in [1.54, 1.807) is 0 Å². The third-order valence-electron chi connectivity index (χ3n) is 4.47. The third kappa shape index (κ3) is 3.22. The van der Waals surface area contributed by atoms with E-state index in [-0.39, 0.29) is 0 Å². The van der Waals surface area contributed by atoms with Crippen molar-refractivity contribution in [3.63, 3.8) is 0 Å². The molecule has 0 bridgehead atoms. The van der Waals surface area contributed by atoms with Crippen LogP contribution < -0.4 is 5.32 Å². The highest BCUT2D eigenvalue weighted by molar-refractivity contribution is 9.10. The minimum Gasteiger partial charge on any atom is -0.310 e. The predicted molar refractivity (Wildman–Crippen MR) is 92.7 cm³/mol. The Morgan fingerprint density at radius 1 is 1.14 bits per heavy atom. The summed E-state index contributed by atoms with van der Waals surface area (Å²) in [5, 5.41) is 3.71. The van der Waals surface area contributed by atoms with E-state index < -0.39 is 0 Å². The number of nitrogens with one attached hydrogen (secondary N) is 1. The van der Waals surface area contributed by atoms with Crippen LogP contribution in [-0.2, 0) is 6.42 Å². The Morgan fingerprint density at radius 3 is 2.67 bits per heavy atom. The van der Waals surface area contributed by atoms with Gasteiger partial charge in [0.2, 0.25) is 0 Å². The molecule has 0 amide bonds. The zero-order valence-corrected chi connectivity index (χ0v) is 14.1. The summed E-state index contributed by atoms with van der Waals surface area (Å²) in [7, 11) is 0. The SMILES string of the molecule is CCNC(c1ccc(Br)cc1)C1CCCc2ccccc21. The Labute approximate surface area is 135 Å². The van der Waals surface area contributed by atoms with Crippen LogP contribution >= 0.6 is 15.9 Å². The van der Waals surface area contributed by atoms with Gasteiger partial charge in [-0.15, -0.1) is 0 Å². The van der Waals surface area contributed by atoms with Crippen molar-refractivity contribution in [2.75, 3.05) is 6.54 Å². The van der Waals surface area contributed by atoms with Crippen LogP contribution in [0, 0.1) is 0 Å². The van der Waals surface area contributed by atoms with Crippen molar-refractivity contribution in [3.8, 4) is 0 Å². The first-order chi connectivity index (χ1) is 10.3. The Morgan fingerprint density at radius 2 is 1.90 bits per heavy atom. The van der Waals surface area contributed by atoms with Crippen LogP contribution in [0.3, 0.4) is 0 Å². The molecule has 2 atom stereocenters. The molecule has 3 rings (SSSR count). The lowest BCUT2D eigenvalue weighted by molar-refractivity contribution is 0.409. The van der Waals surface area contributed by atoms with Crippen molar-refractivity contribution < 1.29 is 0 Å². The number of aryl methyl sites for hydroxylation is 1. The summed E-state index contributed by atoms with van der Waals surface area (Å²) in [6.45, 7) is 3.19. The summed E-state index contributed by atoms with van der Waals surface area (Å²) in [5.74, 6) is 0.580. The maximum absolute atomic E-state index is 3.71. The first-order valence-corrected chi connectivity index (χ1v) is 8.65. The smallest absolute Gasteiger partial charge is 0.0389 e. The van der Waals surface area contributed by atoms with Gasteiger partial charge in [-0.25, -0.2) is 0 Å². The molecule has 0 fully saturated rings. The molecular weight excluding hydrogens is 322 g/mol. The second-order valence-corrected chi connectivity index (χ2v) is 6.70. The van der Waals surface area contributed by atoms with E-state index in [2.05, 4.69) is 76.7 Å². The zero-order valence-electron chi connectivity index (χ0n) is 12.5. The standard InChI is InChI=1S/C19H22BrN/c1-2-21-19(15-10-12-16(20)13-11-15)18-9-5-7-14-6-3-4-8-17(14)18/h3-4,6,8,10-13,18-19,21H,2,5,7,9H2,1H3. The molecule has 2 heteroatoms. The number of benzene rings is 2. The van der Waals surface area contributed by atoms with Crippen LogP contribution in [0.4, 0.5) is 0 Å². The quantitative estimate of drug-likeness (QED) is 0.802. The molecular formula is C19H22BrN. The maximum Gasteiger partial charge on any atom is 0.0389 e. The molecule has 0 saturated heterocycles. The van der Waals surface area contributed by atoms with Gasteiger partial charge in [-0.3, -0.25) is 0 Å². The third-order valence-corrected chi connectivity index (χ3v) is 5.00. The lowest BCUT2D eigenvalue weighted by Crippen LogP contribution is -2.29. The van der Waals surface area contributed by atoms with Crippen LogP contribution in [0.1, 0.15) is 48.4 Å². The molecule has 1 nitrogen and oxygen atoms in total. The number of rotatable bonds is 4. The highest BCUT2D eigenvalue weighted by Gasteiger charge is 2.28. The maximum atomic E-state index is 3.71. The summed E-state index contributed by atoms with van der Waals surface area (Å²) in [4.78, 5) is 0. The number of hydrogen-bond donors (Lipinski definition) is 1. The second-order valence-electron chi connectivity index (χ2n) is 5.78. The Bertz CT molecular complexity index is 591. The molecule has 0 radical (unpaired) electrons. The Kier molecular flexibility index (Phi) is 4.77. The van der Waals surface area contributed by atoms with Gasteiger partial charge in [0.15, 0.2) is 0 Å². The summed E-state index contributed by atoms with van der Waals surface area (Å²) in [5.41, 5.74) is 4.47. The van der Waals surface area contributed by atoms with Crippen molar-refractivity contribution in [2.24, 2.45) is 0 Å². The van der Waals surface area contributed by atoms with Crippen molar-refractivity contribution in [1.82, 2.24) is 5.32 Å². The van der Waals surface area contributed by atoms with Crippen LogP contribution in [0.5, 0.6) is 0 Å². The largest absolute Gasteiger partial charge is 0.310 e. The molecule has 0 saturated carbocycles. The van der Waals surface area contributed by atoms with Gasteiger partial charge in [0, 0.05) is 16.4 Å². The molecule has 1 aliphatic rings. The van der Waals surface area contributed by atoms with Crippen LogP contribution in [0.2, 0.25) is 0 Å². The normalized spacial score (nSPS) is 19.0. The summed E-state index contributed by atoms with van der Waals surface area (Å²) in [6.07, 6.45) is 3.79. The molecule has 2 aromatic carbocycles. The average Bonchev–Trinajstić information content (AvgIpc) is 2.53. The number of halogens is 1. The number of hydrogen-bond acceptors (Lipinski definition) is 1. The fourth-order valence-electron chi connectivity index (χ4n) is 3.52. The van der Waals surface area contributed by atoms with Crippen molar-refractivity contribution in [2.45, 2.75) is 38.1 Å². The lowest BCUT2D eigenvalue weighted by Gasteiger charge is -2.33. The topological polar surface area (TPSA) is 12.0 Å². The van der Waals surface area contributed by atoms with E-state index in [1.807, 2.05) is 0 Å². The summed E-state index contributed by atoms with van der Waals surface area (Å²) in [6, 6.07) is 18.2. The van der Waals surface area contributed by atoms with Gasteiger partial charge >= 0.3 is 0 Å². The first-order valence-electron chi connectivity index (χ1n) is 7.86. The molecule has 1 aliphatic carbocycles. The minimum absolute atomic E-state index is 0.407. The molecule has 1 N–H and O–H groups in total. The summed E-state index contributed by atoms with van der Waals surface area (Å²) >= 11 is 3.53. The summed E-state index contributed by atoms with van der Waals surface area (Å²) < 4.78 is 1.14. The fourth-order valence-corrected chi connectivity index (χ4v) is 3.78. The van der Waals surface area contributed by atoms with Gasteiger partial charge in [0.05, 0.1) is 0 Å². The van der Waals surface area contributed by atoms with E-state index in [0.717, 1.165) is 11.0 Å². The highest BCUT2D eigenvalue weighted by atomic mass is 79.9. The molecule has 0 heterocycles. The molecule has 0 spiro atoms. The molecule has 21 heavy (non-hydrogen) atoms. The van der Waals surface area contributed by atoms with Gasteiger partial charge in [0.1, 0.15) is 0 Å². The number of likely N-dealkylation sites (N-methyl/N-ethyl adjacent to an activating group) is 1. The Hall–Kier alpha value is -1.12. The predicted octanol–water partition coefficient (Wildman–Crippen LogP) is 5.22. The minimum atomic E-state index is 0.407. The van der Waals surface area contributed by atoms with Crippen molar-refractivity contribution in [1.29, 1.82) is 0 Å². The lowest BCUT2D eigenvalue weighted by atomic mass is 9.77. The van der Waals surface area contributed by atoms with Gasteiger partial charge in [-0.2, -0.15) is 0 Å². The Balaban J connectivity index is 1.96. The van der Waals surface area contributed by atoms with Gasteiger partial charge in [-0.1, -0.05) is 59.3 Å². The van der Waals surface area contributed by atoms with E-state index in [9.17, 15) is 0 Å². The zero-order chi connectivity index (χ0) is 14.7. The van der Waals surface area contributed by atoms with Gasteiger partial charge in [-0.05, 0) is 54.6 Å². The van der Waals surface area contributed by atoms with Crippen molar-refractivity contribution >= 4 is 15.9 Å². The first kappa shape index (κ1) is 14.8. The fraction of sp³-hybridized carbons (Fsp3) is 0.368. The number of fused-ring (bicyclic) bond motifs is 1. The van der Waals surface area contributed by atoms with E-state index >= 15 is 0 Å². The van der Waals surface area contributed by atoms with Gasteiger partial charge in [0.25, 0.3) is 0 Å². The highest BCUT2D eigenvalue weighted by Crippen LogP contribution is 2.40. The molecule has 110 valence electrons. The average molecular weight is 344 g/mol. The van der Waals surface area contributed by atoms with E-state index in [4.69, 9.17) is 0 Å². The van der Waals surface area contributed by atoms with Crippen LogP contribution in [0.25, 0.3) is 0 Å². The molecule has 2 aromatic rings. The van der Waals surface area contributed by atoms with E-state index in [1.165, 1.54) is 36.0 Å². The van der Waals surface area contributed by atoms with Crippen LogP contribution in [-0.4, -0.2) is 6.54 Å². The molecule has 0 aliphatic heterocycles. The van der Waals surface area contributed by atoms with Crippen molar-refractivity contribution in [3.05, 3.63) is 69.7 Å². The van der Waals surface area contributed by atoms with Gasteiger partial charge < -0.3 is 5.32 Å².